The summed E-state index contributed by atoms with van der Waals surface area (Å²) >= 11 is 13.5. The molecule has 2 heterocycles. The summed E-state index contributed by atoms with van der Waals surface area (Å²) in [6.45, 7) is 0.888. The first-order valence-corrected chi connectivity index (χ1v) is 10.7. The molecule has 0 aliphatic carbocycles. The molecule has 0 aliphatic heterocycles. The lowest BCUT2D eigenvalue weighted by atomic mass is 10.2. The summed E-state index contributed by atoms with van der Waals surface area (Å²) in [7, 11) is 0. The number of hydrogen-bond donors (Lipinski definition) is 1. The smallest absolute Gasteiger partial charge is 0.265 e. The molecular formula is C22H17Cl2N3O2S. The van der Waals surface area contributed by atoms with Crippen LogP contribution in [0.2, 0.25) is 10.0 Å². The normalized spacial score (nSPS) is 10.7. The first-order chi connectivity index (χ1) is 14.6. The van der Waals surface area contributed by atoms with Crippen LogP contribution in [0.15, 0.2) is 72.4 Å². The van der Waals surface area contributed by atoms with E-state index in [0.717, 1.165) is 16.9 Å². The average molecular weight is 458 g/mol. The van der Waals surface area contributed by atoms with E-state index < -0.39 is 0 Å². The van der Waals surface area contributed by atoms with Crippen LogP contribution in [0.25, 0.3) is 0 Å². The monoisotopic (exact) mass is 457 g/mol. The third-order valence-corrected chi connectivity index (χ3v) is 5.83. The van der Waals surface area contributed by atoms with E-state index in [1.54, 1.807) is 29.2 Å². The molecule has 30 heavy (non-hydrogen) atoms. The highest BCUT2D eigenvalue weighted by molar-refractivity contribution is 7.12. The summed E-state index contributed by atoms with van der Waals surface area (Å²) in [4.78, 5) is 13.2. The fourth-order valence-corrected chi connectivity index (χ4v) is 4.05. The van der Waals surface area contributed by atoms with Gasteiger partial charge >= 0.3 is 0 Å². The Morgan fingerprint density at radius 2 is 1.97 bits per heavy atom. The summed E-state index contributed by atoms with van der Waals surface area (Å²) in [5.41, 5.74) is 2.45. The second-order valence-corrected chi connectivity index (χ2v) is 8.29. The Bertz CT molecular complexity index is 1160. The predicted octanol–water partition coefficient (Wildman–Crippen LogP) is 6.13. The van der Waals surface area contributed by atoms with Crippen LogP contribution >= 0.6 is 34.5 Å². The number of aromatic nitrogens is 2. The minimum Gasteiger partial charge on any atom is -0.489 e. The van der Waals surface area contributed by atoms with Gasteiger partial charge in [-0.1, -0.05) is 47.5 Å². The molecule has 0 saturated heterocycles. The molecule has 0 aliphatic rings. The van der Waals surface area contributed by atoms with E-state index in [4.69, 9.17) is 27.9 Å². The molecule has 0 unspecified atom stereocenters. The Morgan fingerprint density at radius 3 is 2.77 bits per heavy atom. The van der Waals surface area contributed by atoms with Gasteiger partial charge in [-0.05, 0) is 41.3 Å². The minimum absolute atomic E-state index is 0.185. The van der Waals surface area contributed by atoms with Crippen LogP contribution in [0.1, 0.15) is 20.8 Å². The number of benzene rings is 2. The number of para-hydroxylation sites is 1. The van der Waals surface area contributed by atoms with Crippen molar-refractivity contribution in [3.8, 4) is 5.75 Å². The van der Waals surface area contributed by atoms with E-state index in [-0.39, 0.29) is 5.91 Å². The zero-order chi connectivity index (χ0) is 20.9. The molecule has 0 fully saturated rings. The largest absolute Gasteiger partial charge is 0.489 e. The molecule has 2 aromatic heterocycles. The highest BCUT2D eigenvalue weighted by Crippen LogP contribution is 2.23. The van der Waals surface area contributed by atoms with E-state index in [0.29, 0.717) is 33.8 Å². The van der Waals surface area contributed by atoms with Crippen LogP contribution in [0.3, 0.4) is 0 Å². The van der Waals surface area contributed by atoms with Crippen molar-refractivity contribution in [3.05, 3.63) is 98.4 Å². The van der Waals surface area contributed by atoms with Crippen LogP contribution in [0, 0.1) is 0 Å². The third-order valence-electron chi connectivity index (χ3n) is 4.26. The van der Waals surface area contributed by atoms with Gasteiger partial charge in [0.2, 0.25) is 0 Å². The fraction of sp³-hybridized carbons (Fsp3) is 0.0909. The van der Waals surface area contributed by atoms with Gasteiger partial charge in [0.1, 0.15) is 12.4 Å². The Labute approximate surface area is 187 Å². The van der Waals surface area contributed by atoms with Gasteiger partial charge in [0.05, 0.1) is 23.3 Å². The van der Waals surface area contributed by atoms with Crippen molar-refractivity contribution < 1.29 is 9.53 Å². The number of ether oxygens (including phenoxy) is 1. The molecule has 4 aromatic rings. The maximum Gasteiger partial charge on any atom is 0.265 e. The van der Waals surface area contributed by atoms with Crippen molar-refractivity contribution in [1.82, 2.24) is 9.78 Å². The number of carbonyl (C=O) groups excluding carboxylic acids is 1. The minimum atomic E-state index is -0.185. The molecule has 0 bridgehead atoms. The maximum absolute atomic E-state index is 12.5. The lowest BCUT2D eigenvalue weighted by molar-refractivity contribution is 0.103. The predicted molar refractivity (Wildman–Crippen MR) is 121 cm³/mol. The quantitative estimate of drug-likeness (QED) is 0.363. The number of rotatable bonds is 7. The SMILES string of the molecule is O=C(Nc1cnn(Cc2ccc(Cl)cc2Cl)c1)c1cc(COc2ccccc2)cs1. The van der Waals surface area contributed by atoms with Crippen molar-refractivity contribution >= 4 is 46.1 Å². The van der Waals surface area contributed by atoms with Gasteiger partial charge in [-0.15, -0.1) is 11.3 Å². The molecule has 0 saturated carbocycles. The molecule has 152 valence electrons. The second-order valence-electron chi connectivity index (χ2n) is 6.54. The Balaban J connectivity index is 1.35. The van der Waals surface area contributed by atoms with Gasteiger partial charge in [0, 0.05) is 21.8 Å². The topological polar surface area (TPSA) is 56.2 Å². The Morgan fingerprint density at radius 1 is 1.13 bits per heavy atom. The lowest BCUT2D eigenvalue weighted by Crippen LogP contribution is -2.09. The van der Waals surface area contributed by atoms with Crippen LogP contribution in [-0.2, 0) is 13.2 Å². The van der Waals surface area contributed by atoms with Crippen molar-refractivity contribution in [2.45, 2.75) is 13.2 Å². The lowest BCUT2D eigenvalue weighted by Gasteiger charge is -2.05. The zero-order valence-electron chi connectivity index (χ0n) is 15.7. The molecular weight excluding hydrogens is 441 g/mol. The van der Waals surface area contributed by atoms with Gasteiger partial charge < -0.3 is 10.1 Å². The summed E-state index contributed by atoms with van der Waals surface area (Å²) in [6.07, 6.45) is 3.37. The summed E-state index contributed by atoms with van der Waals surface area (Å²) in [5.74, 6) is 0.609. The molecule has 8 heteroatoms. The van der Waals surface area contributed by atoms with E-state index in [2.05, 4.69) is 10.4 Å². The molecule has 2 aromatic carbocycles. The van der Waals surface area contributed by atoms with Crippen LogP contribution in [-0.4, -0.2) is 15.7 Å². The molecule has 1 amide bonds. The first-order valence-electron chi connectivity index (χ1n) is 9.10. The van der Waals surface area contributed by atoms with Gasteiger partial charge in [-0.25, -0.2) is 0 Å². The Kier molecular flexibility index (Phi) is 6.38. The van der Waals surface area contributed by atoms with E-state index >= 15 is 0 Å². The van der Waals surface area contributed by atoms with Crippen molar-refractivity contribution in [2.24, 2.45) is 0 Å². The summed E-state index contributed by atoms with van der Waals surface area (Å²) in [5, 5.41) is 10.2. The Hall–Kier alpha value is -2.80. The average Bonchev–Trinajstić information content (AvgIpc) is 3.39. The zero-order valence-corrected chi connectivity index (χ0v) is 18.0. The second kappa shape index (κ2) is 9.34. The molecule has 0 radical (unpaired) electrons. The van der Waals surface area contributed by atoms with Crippen LogP contribution in [0.4, 0.5) is 5.69 Å². The van der Waals surface area contributed by atoms with E-state index in [9.17, 15) is 4.79 Å². The molecule has 5 nitrogen and oxygen atoms in total. The molecule has 0 atom stereocenters. The third kappa shape index (κ3) is 5.21. The number of anilines is 1. The van der Waals surface area contributed by atoms with Crippen LogP contribution < -0.4 is 10.1 Å². The van der Waals surface area contributed by atoms with E-state index in [1.165, 1.54) is 11.3 Å². The van der Waals surface area contributed by atoms with E-state index in [1.807, 2.05) is 47.8 Å². The van der Waals surface area contributed by atoms with Gasteiger partial charge in [0.25, 0.3) is 5.91 Å². The molecule has 1 N–H and O–H groups in total. The van der Waals surface area contributed by atoms with Crippen LogP contribution in [0.5, 0.6) is 5.75 Å². The van der Waals surface area contributed by atoms with Crippen molar-refractivity contribution in [3.63, 3.8) is 0 Å². The maximum atomic E-state index is 12.5. The number of hydrogen-bond acceptors (Lipinski definition) is 4. The number of amides is 1. The number of nitrogens with one attached hydrogen (secondary N) is 1. The van der Waals surface area contributed by atoms with Crippen molar-refractivity contribution in [2.75, 3.05) is 5.32 Å². The number of thiophene rings is 1. The van der Waals surface area contributed by atoms with Gasteiger partial charge in [-0.2, -0.15) is 5.10 Å². The highest BCUT2D eigenvalue weighted by atomic mass is 35.5. The summed E-state index contributed by atoms with van der Waals surface area (Å²) in [6, 6.07) is 16.7. The number of halogens is 2. The van der Waals surface area contributed by atoms with Gasteiger partial charge in [-0.3, -0.25) is 9.48 Å². The highest BCUT2D eigenvalue weighted by Gasteiger charge is 2.12. The molecule has 0 spiro atoms. The first kappa shape index (κ1) is 20.5. The standard InChI is InChI=1S/C22H17Cl2N3O2S/c23-17-7-6-16(20(24)9-17)11-27-12-18(10-25-27)26-22(28)21-8-15(14-30-21)13-29-19-4-2-1-3-5-19/h1-10,12,14H,11,13H2,(H,26,28). The fourth-order valence-electron chi connectivity index (χ4n) is 2.79. The number of nitrogens with zero attached hydrogens (tertiary/aromatic N) is 2. The molecule has 4 rings (SSSR count). The summed E-state index contributed by atoms with van der Waals surface area (Å²) < 4.78 is 7.43. The van der Waals surface area contributed by atoms with Gasteiger partial charge in [0.15, 0.2) is 0 Å². The van der Waals surface area contributed by atoms with Crippen molar-refractivity contribution in [1.29, 1.82) is 0 Å². The number of carbonyl (C=O) groups is 1.